The van der Waals surface area contributed by atoms with E-state index in [4.69, 9.17) is 28.7 Å². The molecule has 7 rings (SSSR count). The van der Waals surface area contributed by atoms with Crippen LogP contribution in [0.1, 0.15) is 90.9 Å². The minimum atomic E-state index is -1.33. The molecule has 286 valence electrons. The number of nitrogens with one attached hydrogen (secondary N) is 2. The first-order valence-corrected chi connectivity index (χ1v) is 18.7. The van der Waals surface area contributed by atoms with E-state index in [9.17, 15) is 29.1 Å². The smallest absolute Gasteiger partial charge is 0.480 e. The molecular weight excluding hydrogens is 668 g/mol. The fraction of sp³-hybridized carbons (Fsp3) is 0.857. The lowest BCUT2D eigenvalue weighted by molar-refractivity contribution is -0.389. The van der Waals surface area contributed by atoms with Gasteiger partial charge in [-0.05, 0) is 70.6 Å². The van der Waals surface area contributed by atoms with E-state index in [0.29, 0.717) is 64.1 Å². The molecular formula is C35H54N4O12. The minimum absolute atomic E-state index is 0.0777. The van der Waals surface area contributed by atoms with E-state index >= 15 is 0 Å². The van der Waals surface area contributed by atoms with Crippen LogP contribution in [0.2, 0.25) is 0 Å². The van der Waals surface area contributed by atoms with Crippen LogP contribution < -0.4 is 10.6 Å². The topological polar surface area (TPSA) is 192 Å². The number of carboxylic acid groups (broad SMARTS) is 1. The zero-order valence-electron chi connectivity index (χ0n) is 29.9. The highest BCUT2D eigenvalue weighted by molar-refractivity contribution is 5.82. The van der Waals surface area contributed by atoms with Gasteiger partial charge in [-0.2, -0.15) is 9.78 Å². The Balaban J connectivity index is 1.01. The molecule has 0 aromatic heterocycles. The first-order valence-electron chi connectivity index (χ1n) is 18.7. The Morgan fingerprint density at radius 2 is 1.71 bits per heavy atom. The van der Waals surface area contributed by atoms with Gasteiger partial charge in [0.1, 0.15) is 18.2 Å². The molecule has 4 bridgehead atoms. The van der Waals surface area contributed by atoms with Crippen LogP contribution >= 0.6 is 0 Å². The number of carboxylic acids is 1. The Morgan fingerprint density at radius 1 is 1.00 bits per heavy atom. The van der Waals surface area contributed by atoms with E-state index in [0.717, 1.165) is 38.6 Å². The monoisotopic (exact) mass is 722 g/mol. The zero-order chi connectivity index (χ0) is 36.2. The van der Waals surface area contributed by atoms with Gasteiger partial charge >= 0.3 is 18.2 Å². The summed E-state index contributed by atoms with van der Waals surface area (Å²) in [4.78, 5) is 77.8. The van der Waals surface area contributed by atoms with Crippen molar-refractivity contribution in [2.45, 2.75) is 114 Å². The van der Waals surface area contributed by atoms with Gasteiger partial charge in [0.25, 0.3) is 0 Å². The second-order valence-corrected chi connectivity index (χ2v) is 15.7. The lowest BCUT2D eigenvalue weighted by Gasteiger charge is -2.57. The number of likely N-dealkylation sites (tertiary alicyclic amines) is 1. The van der Waals surface area contributed by atoms with Crippen LogP contribution in [0.4, 0.5) is 9.59 Å². The number of urea groups is 1. The van der Waals surface area contributed by atoms with Crippen LogP contribution in [-0.2, 0) is 43.1 Å². The Kier molecular flexibility index (Phi) is 11.6. The van der Waals surface area contributed by atoms with Gasteiger partial charge < -0.3 is 44.5 Å². The van der Waals surface area contributed by atoms with Gasteiger partial charge in [-0.1, -0.05) is 0 Å². The van der Waals surface area contributed by atoms with Gasteiger partial charge in [-0.3, -0.25) is 9.59 Å². The number of amides is 4. The third-order valence-corrected chi connectivity index (χ3v) is 11.4. The predicted molar refractivity (Wildman–Crippen MR) is 177 cm³/mol. The summed E-state index contributed by atoms with van der Waals surface area (Å²) in [6.07, 6.45) is 6.53. The fourth-order valence-corrected chi connectivity index (χ4v) is 9.04. The Bertz CT molecular complexity index is 1280. The molecule has 0 aromatic rings. The van der Waals surface area contributed by atoms with Gasteiger partial charge in [0.05, 0.1) is 13.2 Å². The van der Waals surface area contributed by atoms with Gasteiger partial charge in [0, 0.05) is 76.7 Å². The number of hydrogen-bond donors (Lipinski definition) is 3. The van der Waals surface area contributed by atoms with Crippen molar-refractivity contribution in [2.24, 2.45) is 23.7 Å². The summed E-state index contributed by atoms with van der Waals surface area (Å²) in [5.41, 5.74) is -1.30. The first-order chi connectivity index (χ1) is 24.4. The van der Waals surface area contributed by atoms with Crippen LogP contribution in [0.25, 0.3) is 0 Å². The number of carbonyl (C=O) groups is 5. The highest BCUT2D eigenvalue weighted by atomic mass is 17.3. The van der Waals surface area contributed by atoms with Crippen LogP contribution in [0.15, 0.2) is 0 Å². The third kappa shape index (κ3) is 9.06. The molecule has 4 aliphatic carbocycles. The number of nitrogens with zero attached hydrogens (tertiary/aromatic N) is 2. The van der Waals surface area contributed by atoms with Crippen molar-refractivity contribution >= 4 is 30.0 Å². The highest BCUT2D eigenvalue weighted by Gasteiger charge is 2.66. The molecule has 4 saturated carbocycles. The Hall–Kier alpha value is -3.21. The summed E-state index contributed by atoms with van der Waals surface area (Å²) in [5.74, 6) is -1.81. The largest absolute Gasteiger partial charge is 0.508 e. The first kappa shape index (κ1) is 37.5. The molecule has 0 radical (unpaired) electrons. The van der Waals surface area contributed by atoms with Crippen molar-refractivity contribution in [3.8, 4) is 0 Å². The summed E-state index contributed by atoms with van der Waals surface area (Å²) in [7, 11) is 0. The van der Waals surface area contributed by atoms with E-state index < -0.39 is 41.4 Å². The van der Waals surface area contributed by atoms with Gasteiger partial charge in [-0.15, -0.1) is 0 Å². The second kappa shape index (κ2) is 15.8. The number of ether oxygens (including phenoxy) is 4. The summed E-state index contributed by atoms with van der Waals surface area (Å²) in [6.45, 7) is 6.16. The zero-order valence-corrected chi connectivity index (χ0v) is 29.9. The van der Waals surface area contributed by atoms with Crippen molar-refractivity contribution in [3.63, 3.8) is 0 Å². The van der Waals surface area contributed by atoms with E-state index in [1.54, 1.807) is 13.8 Å². The third-order valence-electron chi connectivity index (χ3n) is 11.4. The van der Waals surface area contributed by atoms with Crippen molar-refractivity contribution < 1.29 is 57.8 Å². The van der Waals surface area contributed by atoms with Crippen LogP contribution in [0, 0.1) is 23.7 Å². The normalized spacial score (nSPS) is 31.9. The molecule has 4 amide bonds. The van der Waals surface area contributed by atoms with Crippen LogP contribution in [0.3, 0.4) is 0 Å². The molecule has 1 unspecified atom stereocenters. The standard InChI is InChI=1S/C35H54N4O12/c1-33(2,22-27(30(42)43)37-31(44)39-12-15-46-16-13-39)48-32(45)47-14-8-34(7-6-28(40)36-9-4-11-38-10-3-5-29(38)41)49-35(51-50-34)25-18-23-17-24(20-25)21-26(35)19-23/h23-27H,3-22H2,1-2H3,(H,36,40)(H,37,44)(H,42,43)/t23?,24?,25?,26?,27-,34?,35?/m0/s1. The molecule has 3 saturated heterocycles. The summed E-state index contributed by atoms with van der Waals surface area (Å²) in [6, 6.07) is -1.84. The van der Waals surface area contributed by atoms with E-state index in [2.05, 4.69) is 10.6 Å². The predicted octanol–water partition coefficient (Wildman–Crippen LogP) is 2.93. The number of aliphatic carboxylic acids is 1. The lowest BCUT2D eigenvalue weighted by atomic mass is 9.53. The molecule has 16 nitrogen and oxygen atoms in total. The van der Waals surface area contributed by atoms with E-state index in [-0.39, 0.29) is 55.9 Å². The summed E-state index contributed by atoms with van der Waals surface area (Å²) >= 11 is 0. The molecule has 1 spiro atoms. The molecule has 7 fully saturated rings. The Morgan fingerprint density at radius 3 is 2.35 bits per heavy atom. The van der Waals surface area contributed by atoms with Gasteiger partial charge in [0.2, 0.25) is 23.4 Å². The van der Waals surface area contributed by atoms with E-state index in [1.807, 2.05) is 4.90 Å². The van der Waals surface area contributed by atoms with Gasteiger partial charge in [-0.25, -0.2) is 14.4 Å². The fourth-order valence-electron chi connectivity index (χ4n) is 9.04. The maximum atomic E-state index is 12.9. The maximum absolute atomic E-state index is 12.9. The molecule has 16 heteroatoms. The average Bonchev–Trinajstić information content (AvgIpc) is 3.68. The van der Waals surface area contributed by atoms with Gasteiger partial charge in [0.15, 0.2) is 0 Å². The summed E-state index contributed by atoms with van der Waals surface area (Å²) in [5, 5.41) is 15.2. The van der Waals surface area contributed by atoms with Crippen LogP contribution in [-0.4, -0.2) is 121 Å². The number of rotatable bonds is 15. The van der Waals surface area contributed by atoms with Crippen molar-refractivity contribution in [1.82, 2.24) is 20.4 Å². The minimum Gasteiger partial charge on any atom is -0.480 e. The van der Waals surface area contributed by atoms with Crippen molar-refractivity contribution in [1.29, 1.82) is 0 Å². The number of morpholine rings is 1. The molecule has 3 N–H and O–H groups in total. The average molecular weight is 723 g/mol. The lowest BCUT2D eigenvalue weighted by Crippen LogP contribution is -2.59. The maximum Gasteiger partial charge on any atom is 0.508 e. The molecule has 51 heavy (non-hydrogen) atoms. The quantitative estimate of drug-likeness (QED) is 0.127. The highest BCUT2D eigenvalue weighted by Crippen LogP contribution is 2.63. The van der Waals surface area contributed by atoms with Crippen molar-refractivity contribution in [2.75, 3.05) is 52.5 Å². The number of carbonyl (C=O) groups excluding carboxylic acids is 4. The van der Waals surface area contributed by atoms with Crippen LogP contribution in [0.5, 0.6) is 0 Å². The molecule has 0 aromatic carbocycles. The molecule has 7 aliphatic rings. The number of hydrogen-bond acceptors (Lipinski definition) is 11. The van der Waals surface area contributed by atoms with Crippen molar-refractivity contribution in [3.05, 3.63) is 0 Å². The second-order valence-electron chi connectivity index (χ2n) is 15.7. The Labute approximate surface area is 298 Å². The SMILES string of the molecule is CC(C)(C[C@H](NC(=O)N1CCOCC1)C(=O)O)OC(=O)OCCC1(CCC(=O)NCCCN2CCCC2=O)OOC2(O1)C1CC3CC(C1)CC2C3. The summed E-state index contributed by atoms with van der Waals surface area (Å²) < 4.78 is 23.0. The van der Waals surface area contributed by atoms with E-state index in [1.165, 1.54) is 11.3 Å². The molecule has 2 atom stereocenters. The molecule has 3 aliphatic heterocycles. The molecule has 3 heterocycles.